The first-order chi connectivity index (χ1) is 8.07. The maximum atomic E-state index is 7.60. The van der Waals surface area contributed by atoms with Crippen LogP contribution in [0.15, 0.2) is 12.3 Å². The summed E-state index contributed by atoms with van der Waals surface area (Å²) in [5.74, 6) is 0.783. The van der Waals surface area contributed by atoms with Gasteiger partial charge in [-0.15, -0.1) is 0 Å². The molecule has 5 heteroatoms. The number of pyridine rings is 1. The Labute approximate surface area is 102 Å². The molecule has 0 aliphatic heterocycles. The van der Waals surface area contributed by atoms with Crippen molar-refractivity contribution in [3.63, 3.8) is 0 Å². The Balaban J connectivity index is 2.89. The standard InChI is InChI=1S/C12H20N4O/c1-4-17-8-7-16(3)12-10(11(13)14)9(2)5-6-15-12/h5-6H,4,7-8H2,1-3H3,(H3,13,14). The van der Waals surface area contributed by atoms with E-state index in [1.165, 1.54) is 0 Å². The van der Waals surface area contributed by atoms with Gasteiger partial charge in [-0.2, -0.15) is 0 Å². The second-order valence-electron chi connectivity index (χ2n) is 3.86. The molecule has 0 aromatic carbocycles. The largest absolute Gasteiger partial charge is 0.384 e. The number of ether oxygens (including phenoxy) is 1. The molecule has 0 atom stereocenters. The third-order valence-corrected chi connectivity index (χ3v) is 2.55. The summed E-state index contributed by atoms with van der Waals surface area (Å²) in [5.41, 5.74) is 7.26. The molecule has 5 nitrogen and oxygen atoms in total. The normalized spacial score (nSPS) is 10.3. The summed E-state index contributed by atoms with van der Waals surface area (Å²) in [7, 11) is 1.92. The molecule has 0 unspecified atom stereocenters. The monoisotopic (exact) mass is 236 g/mol. The first kappa shape index (κ1) is 13.4. The van der Waals surface area contributed by atoms with Gasteiger partial charge in [-0.05, 0) is 25.5 Å². The zero-order chi connectivity index (χ0) is 12.8. The van der Waals surface area contributed by atoms with Gasteiger partial charge in [0, 0.05) is 26.4 Å². The summed E-state index contributed by atoms with van der Waals surface area (Å²) < 4.78 is 5.30. The van der Waals surface area contributed by atoms with Crippen LogP contribution in [0.25, 0.3) is 0 Å². The lowest BCUT2D eigenvalue weighted by Crippen LogP contribution is -2.27. The number of likely N-dealkylation sites (N-methyl/N-ethyl adjacent to an activating group) is 1. The number of hydrogen-bond donors (Lipinski definition) is 2. The van der Waals surface area contributed by atoms with Crippen LogP contribution in [0.2, 0.25) is 0 Å². The molecule has 0 bridgehead atoms. The number of aromatic nitrogens is 1. The topological polar surface area (TPSA) is 75.2 Å². The molecule has 17 heavy (non-hydrogen) atoms. The zero-order valence-corrected chi connectivity index (χ0v) is 10.7. The van der Waals surface area contributed by atoms with Crippen LogP contribution in [0.1, 0.15) is 18.1 Å². The molecule has 0 saturated carbocycles. The molecule has 0 saturated heterocycles. The van der Waals surface area contributed by atoms with Gasteiger partial charge in [0.15, 0.2) is 0 Å². The fraction of sp³-hybridized carbons (Fsp3) is 0.500. The van der Waals surface area contributed by atoms with Crippen LogP contribution in [0.4, 0.5) is 5.82 Å². The van der Waals surface area contributed by atoms with Crippen molar-refractivity contribution in [2.24, 2.45) is 5.73 Å². The van der Waals surface area contributed by atoms with Crippen molar-refractivity contribution in [1.82, 2.24) is 4.98 Å². The lowest BCUT2D eigenvalue weighted by atomic mass is 10.1. The van der Waals surface area contributed by atoms with Gasteiger partial charge in [-0.25, -0.2) is 4.98 Å². The van der Waals surface area contributed by atoms with Crippen molar-refractivity contribution in [1.29, 1.82) is 5.41 Å². The maximum absolute atomic E-state index is 7.60. The van der Waals surface area contributed by atoms with E-state index in [-0.39, 0.29) is 5.84 Å². The van der Waals surface area contributed by atoms with E-state index in [0.29, 0.717) is 18.8 Å². The lowest BCUT2D eigenvalue weighted by Gasteiger charge is -2.21. The van der Waals surface area contributed by atoms with E-state index < -0.39 is 0 Å². The van der Waals surface area contributed by atoms with Gasteiger partial charge >= 0.3 is 0 Å². The van der Waals surface area contributed by atoms with Gasteiger partial charge in [0.25, 0.3) is 0 Å². The quantitative estimate of drug-likeness (QED) is 0.441. The lowest BCUT2D eigenvalue weighted by molar-refractivity contribution is 0.154. The van der Waals surface area contributed by atoms with Gasteiger partial charge in [-0.1, -0.05) is 0 Å². The molecular formula is C12H20N4O. The van der Waals surface area contributed by atoms with Crippen LogP contribution in [-0.2, 0) is 4.74 Å². The number of nitrogens with one attached hydrogen (secondary N) is 1. The average molecular weight is 236 g/mol. The molecule has 0 spiro atoms. The van der Waals surface area contributed by atoms with Crippen molar-refractivity contribution in [2.75, 3.05) is 31.7 Å². The van der Waals surface area contributed by atoms with Crippen LogP contribution in [0.3, 0.4) is 0 Å². The van der Waals surface area contributed by atoms with Gasteiger partial charge in [0.05, 0.1) is 12.2 Å². The van der Waals surface area contributed by atoms with Crippen LogP contribution in [0.5, 0.6) is 0 Å². The minimum atomic E-state index is 0.0499. The van der Waals surface area contributed by atoms with Gasteiger partial charge in [0.1, 0.15) is 11.7 Å². The molecule has 1 rings (SSSR count). The highest BCUT2D eigenvalue weighted by Gasteiger charge is 2.13. The molecule has 94 valence electrons. The molecule has 3 N–H and O–H groups in total. The summed E-state index contributed by atoms with van der Waals surface area (Å²) in [4.78, 5) is 6.25. The van der Waals surface area contributed by atoms with Gasteiger partial charge in [0.2, 0.25) is 0 Å². The van der Waals surface area contributed by atoms with E-state index in [4.69, 9.17) is 15.9 Å². The van der Waals surface area contributed by atoms with Crippen LogP contribution in [0, 0.1) is 12.3 Å². The number of amidine groups is 1. The Morgan fingerprint density at radius 3 is 2.88 bits per heavy atom. The second-order valence-corrected chi connectivity index (χ2v) is 3.86. The molecule has 1 heterocycles. The Bertz CT molecular complexity index is 392. The third kappa shape index (κ3) is 3.42. The summed E-state index contributed by atoms with van der Waals surface area (Å²) in [6.07, 6.45) is 1.73. The smallest absolute Gasteiger partial charge is 0.139 e. The maximum Gasteiger partial charge on any atom is 0.139 e. The highest BCUT2D eigenvalue weighted by Crippen LogP contribution is 2.18. The van der Waals surface area contributed by atoms with E-state index >= 15 is 0 Å². The van der Waals surface area contributed by atoms with Crippen LogP contribution < -0.4 is 10.6 Å². The first-order valence-electron chi connectivity index (χ1n) is 5.66. The summed E-state index contributed by atoms with van der Waals surface area (Å²) >= 11 is 0. The molecule has 0 amide bonds. The van der Waals surface area contributed by atoms with E-state index in [1.807, 2.05) is 31.9 Å². The Kier molecular flexibility index (Phi) is 4.90. The van der Waals surface area contributed by atoms with Crippen molar-refractivity contribution < 1.29 is 4.74 Å². The second kappa shape index (κ2) is 6.20. The predicted molar refractivity (Wildman–Crippen MR) is 69.8 cm³/mol. The number of hydrogen-bond acceptors (Lipinski definition) is 4. The number of anilines is 1. The Morgan fingerprint density at radius 2 is 2.29 bits per heavy atom. The zero-order valence-electron chi connectivity index (χ0n) is 10.7. The predicted octanol–water partition coefficient (Wildman–Crippen LogP) is 1.15. The molecule has 0 aliphatic carbocycles. The number of rotatable bonds is 6. The summed E-state index contributed by atoms with van der Waals surface area (Å²) in [6.45, 7) is 5.96. The first-order valence-corrected chi connectivity index (χ1v) is 5.66. The van der Waals surface area contributed by atoms with Crippen molar-refractivity contribution >= 4 is 11.7 Å². The SMILES string of the molecule is CCOCCN(C)c1nccc(C)c1C(=N)N. The molecule has 1 aromatic rings. The van der Waals surface area contributed by atoms with Crippen molar-refractivity contribution in [3.05, 3.63) is 23.4 Å². The molecule has 0 radical (unpaired) electrons. The van der Waals surface area contributed by atoms with Crippen molar-refractivity contribution in [3.8, 4) is 0 Å². The van der Waals surface area contributed by atoms with Crippen LogP contribution >= 0.6 is 0 Å². The molecule has 0 fully saturated rings. The number of nitrogen functional groups attached to an aromatic ring is 1. The highest BCUT2D eigenvalue weighted by atomic mass is 16.5. The fourth-order valence-electron chi connectivity index (χ4n) is 1.62. The summed E-state index contributed by atoms with van der Waals surface area (Å²) in [5, 5.41) is 7.60. The van der Waals surface area contributed by atoms with E-state index in [2.05, 4.69) is 4.98 Å². The number of aryl methyl sites for hydroxylation is 1. The van der Waals surface area contributed by atoms with Crippen LogP contribution in [-0.4, -0.2) is 37.6 Å². The number of nitrogens with zero attached hydrogens (tertiary/aromatic N) is 2. The Morgan fingerprint density at radius 1 is 1.59 bits per heavy atom. The van der Waals surface area contributed by atoms with Gasteiger partial charge in [-0.3, -0.25) is 5.41 Å². The van der Waals surface area contributed by atoms with Gasteiger partial charge < -0.3 is 15.4 Å². The molecular weight excluding hydrogens is 216 g/mol. The van der Waals surface area contributed by atoms with E-state index in [1.54, 1.807) is 6.20 Å². The average Bonchev–Trinajstić information content (AvgIpc) is 2.28. The minimum Gasteiger partial charge on any atom is -0.384 e. The minimum absolute atomic E-state index is 0.0499. The summed E-state index contributed by atoms with van der Waals surface area (Å²) in [6, 6.07) is 1.86. The highest BCUT2D eigenvalue weighted by molar-refractivity contribution is 6.00. The van der Waals surface area contributed by atoms with E-state index in [9.17, 15) is 0 Å². The Hall–Kier alpha value is -1.62. The van der Waals surface area contributed by atoms with Crippen molar-refractivity contribution in [2.45, 2.75) is 13.8 Å². The molecule has 1 aromatic heterocycles. The third-order valence-electron chi connectivity index (χ3n) is 2.55. The van der Waals surface area contributed by atoms with E-state index in [0.717, 1.165) is 17.9 Å². The number of nitrogens with two attached hydrogens (primary N) is 1. The molecule has 0 aliphatic rings. The fourth-order valence-corrected chi connectivity index (χ4v) is 1.62.